The van der Waals surface area contributed by atoms with E-state index in [9.17, 15) is 14.0 Å². The minimum absolute atomic E-state index is 0.101. The van der Waals surface area contributed by atoms with Crippen LogP contribution < -0.4 is 10.6 Å². The van der Waals surface area contributed by atoms with E-state index in [0.717, 1.165) is 10.0 Å². The van der Waals surface area contributed by atoms with Gasteiger partial charge in [0.2, 0.25) is 11.8 Å². The van der Waals surface area contributed by atoms with Crippen LogP contribution in [0.3, 0.4) is 0 Å². The number of hydrogen-bond acceptors (Lipinski definition) is 2. The van der Waals surface area contributed by atoms with Crippen molar-refractivity contribution in [3.63, 3.8) is 0 Å². The second-order valence-corrected chi connectivity index (χ2v) is 5.95. The number of halogens is 2. The Morgan fingerprint density at radius 1 is 1.09 bits per heavy atom. The summed E-state index contributed by atoms with van der Waals surface area (Å²) in [7, 11) is 0. The Balaban J connectivity index is 1.80. The summed E-state index contributed by atoms with van der Waals surface area (Å²) >= 11 is 3.39. The van der Waals surface area contributed by atoms with Crippen molar-refractivity contribution in [2.24, 2.45) is 0 Å². The summed E-state index contributed by atoms with van der Waals surface area (Å²) in [6.45, 7) is 1.83. The lowest BCUT2D eigenvalue weighted by Crippen LogP contribution is -2.33. The summed E-state index contributed by atoms with van der Waals surface area (Å²) in [5.41, 5.74) is 2.41. The Bertz CT molecular complexity index is 717. The lowest BCUT2D eigenvalue weighted by molar-refractivity contribution is -0.123. The van der Waals surface area contributed by atoms with E-state index < -0.39 is 0 Å². The van der Waals surface area contributed by atoms with Crippen molar-refractivity contribution in [1.29, 1.82) is 0 Å². The van der Waals surface area contributed by atoms with Crippen LogP contribution in [0.1, 0.15) is 11.1 Å². The van der Waals surface area contributed by atoms with E-state index in [0.29, 0.717) is 11.3 Å². The predicted molar refractivity (Wildman–Crippen MR) is 90.6 cm³/mol. The summed E-state index contributed by atoms with van der Waals surface area (Å²) in [6.07, 6.45) is 0.101. The van der Waals surface area contributed by atoms with Crippen LogP contribution in [0, 0.1) is 12.7 Å². The van der Waals surface area contributed by atoms with Crippen molar-refractivity contribution >= 4 is 33.4 Å². The van der Waals surface area contributed by atoms with Crippen molar-refractivity contribution in [3.05, 3.63) is 63.9 Å². The zero-order valence-electron chi connectivity index (χ0n) is 12.5. The predicted octanol–water partition coefficient (Wildman–Crippen LogP) is 3.19. The normalized spacial score (nSPS) is 10.2. The van der Waals surface area contributed by atoms with Crippen molar-refractivity contribution in [1.82, 2.24) is 5.32 Å². The van der Waals surface area contributed by atoms with E-state index >= 15 is 0 Å². The third-order valence-corrected chi connectivity index (χ3v) is 4.03. The third kappa shape index (κ3) is 5.49. The molecule has 0 saturated carbocycles. The number of nitrogens with one attached hydrogen (secondary N) is 2. The summed E-state index contributed by atoms with van der Waals surface area (Å²) in [5.74, 6) is -0.956. The second-order valence-electron chi connectivity index (χ2n) is 5.09. The molecular weight excluding hydrogens is 363 g/mol. The van der Waals surface area contributed by atoms with Gasteiger partial charge in [0.15, 0.2) is 0 Å². The number of benzene rings is 2. The molecule has 2 rings (SSSR count). The molecule has 0 heterocycles. The molecule has 6 heteroatoms. The minimum Gasteiger partial charge on any atom is -0.347 e. The highest BCUT2D eigenvalue weighted by atomic mass is 79.9. The Morgan fingerprint density at radius 3 is 2.43 bits per heavy atom. The highest BCUT2D eigenvalue weighted by Gasteiger charge is 2.08. The van der Waals surface area contributed by atoms with Gasteiger partial charge in [0.25, 0.3) is 0 Å². The number of carbonyl (C=O) groups excluding carboxylic acids is 2. The van der Waals surface area contributed by atoms with Crippen LogP contribution in [0.5, 0.6) is 0 Å². The number of aryl methyl sites for hydroxylation is 1. The molecular formula is C17H16BrFN2O2. The third-order valence-electron chi connectivity index (χ3n) is 3.18. The molecule has 0 spiro atoms. The molecule has 2 aromatic carbocycles. The van der Waals surface area contributed by atoms with Crippen LogP contribution in [0.25, 0.3) is 0 Å². The first-order valence-corrected chi connectivity index (χ1v) is 7.80. The van der Waals surface area contributed by atoms with Gasteiger partial charge in [-0.1, -0.05) is 34.1 Å². The average molecular weight is 379 g/mol. The standard InChI is InChI=1S/C17H16BrFN2O2/c1-11-2-7-14(9-15(11)18)21-17(23)10-20-16(22)8-12-3-5-13(19)6-4-12/h2-7,9H,8,10H2,1H3,(H,20,22)(H,21,23). The maximum atomic E-state index is 12.8. The highest BCUT2D eigenvalue weighted by Crippen LogP contribution is 2.20. The molecule has 0 aliphatic heterocycles. The van der Waals surface area contributed by atoms with Crippen molar-refractivity contribution in [2.75, 3.05) is 11.9 Å². The lowest BCUT2D eigenvalue weighted by Gasteiger charge is -2.08. The van der Waals surface area contributed by atoms with Gasteiger partial charge in [-0.15, -0.1) is 0 Å². The molecule has 2 amide bonds. The Kier molecular flexibility index (Phi) is 5.87. The summed E-state index contributed by atoms with van der Waals surface area (Å²) in [6, 6.07) is 11.1. The molecule has 0 unspecified atom stereocenters. The van der Waals surface area contributed by atoms with Gasteiger partial charge in [0.05, 0.1) is 13.0 Å². The van der Waals surface area contributed by atoms with Gasteiger partial charge in [0.1, 0.15) is 5.82 Å². The van der Waals surface area contributed by atoms with Crippen LogP contribution in [0.4, 0.5) is 10.1 Å². The molecule has 2 N–H and O–H groups in total. The minimum atomic E-state index is -0.349. The van der Waals surface area contributed by atoms with E-state index in [-0.39, 0.29) is 30.6 Å². The number of rotatable bonds is 5. The molecule has 0 radical (unpaired) electrons. The van der Waals surface area contributed by atoms with Crippen LogP contribution in [-0.2, 0) is 16.0 Å². The van der Waals surface area contributed by atoms with Crippen molar-refractivity contribution < 1.29 is 14.0 Å². The Labute approximate surface area is 142 Å². The van der Waals surface area contributed by atoms with E-state index in [1.54, 1.807) is 24.3 Å². The van der Waals surface area contributed by atoms with Gasteiger partial charge in [-0.2, -0.15) is 0 Å². The average Bonchev–Trinajstić information content (AvgIpc) is 2.51. The highest BCUT2D eigenvalue weighted by molar-refractivity contribution is 9.10. The molecule has 23 heavy (non-hydrogen) atoms. The van der Waals surface area contributed by atoms with Crippen LogP contribution >= 0.6 is 15.9 Å². The Morgan fingerprint density at radius 2 is 1.78 bits per heavy atom. The van der Waals surface area contributed by atoms with Crippen molar-refractivity contribution in [2.45, 2.75) is 13.3 Å². The molecule has 0 bridgehead atoms. The monoisotopic (exact) mass is 378 g/mol. The lowest BCUT2D eigenvalue weighted by atomic mass is 10.1. The second kappa shape index (κ2) is 7.87. The maximum Gasteiger partial charge on any atom is 0.243 e. The van der Waals surface area contributed by atoms with Crippen molar-refractivity contribution in [3.8, 4) is 0 Å². The van der Waals surface area contributed by atoms with Crippen LogP contribution in [-0.4, -0.2) is 18.4 Å². The summed E-state index contributed by atoms with van der Waals surface area (Å²) in [5, 5.41) is 5.24. The zero-order valence-corrected chi connectivity index (χ0v) is 14.1. The SMILES string of the molecule is Cc1ccc(NC(=O)CNC(=O)Cc2ccc(F)cc2)cc1Br. The quantitative estimate of drug-likeness (QED) is 0.839. The van der Waals surface area contributed by atoms with Gasteiger partial charge in [-0.25, -0.2) is 4.39 Å². The van der Waals surface area contributed by atoms with E-state index in [2.05, 4.69) is 26.6 Å². The van der Waals surface area contributed by atoms with Gasteiger partial charge in [0, 0.05) is 10.2 Å². The fourth-order valence-corrected chi connectivity index (χ4v) is 2.28. The molecule has 0 aliphatic rings. The Hall–Kier alpha value is -2.21. The first-order chi connectivity index (χ1) is 10.9. The molecule has 0 saturated heterocycles. The van der Waals surface area contributed by atoms with E-state index in [1.807, 2.05) is 13.0 Å². The van der Waals surface area contributed by atoms with Gasteiger partial charge >= 0.3 is 0 Å². The fourth-order valence-electron chi connectivity index (χ4n) is 1.90. The first kappa shape index (κ1) is 17.1. The molecule has 120 valence electrons. The molecule has 2 aromatic rings. The number of amides is 2. The molecule has 4 nitrogen and oxygen atoms in total. The number of hydrogen-bond donors (Lipinski definition) is 2. The summed E-state index contributed by atoms with van der Waals surface area (Å²) in [4.78, 5) is 23.6. The maximum absolute atomic E-state index is 12.8. The smallest absolute Gasteiger partial charge is 0.243 e. The zero-order chi connectivity index (χ0) is 16.8. The van der Waals surface area contributed by atoms with Gasteiger partial charge in [-0.3, -0.25) is 9.59 Å². The van der Waals surface area contributed by atoms with E-state index in [4.69, 9.17) is 0 Å². The molecule has 0 aromatic heterocycles. The number of anilines is 1. The van der Waals surface area contributed by atoms with E-state index in [1.165, 1.54) is 12.1 Å². The van der Waals surface area contributed by atoms with Gasteiger partial charge < -0.3 is 10.6 Å². The van der Waals surface area contributed by atoms with Crippen LogP contribution in [0.15, 0.2) is 46.9 Å². The largest absolute Gasteiger partial charge is 0.347 e. The topological polar surface area (TPSA) is 58.2 Å². The molecule has 0 atom stereocenters. The number of carbonyl (C=O) groups is 2. The molecule has 0 fully saturated rings. The van der Waals surface area contributed by atoms with Crippen LogP contribution in [0.2, 0.25) is 0 Å². The first-order valence-electron chi connectivity index (χ1n) is 7.01. The summed E-state index contributed by atoms with van der Waals surface area (Å²) < 4.78 is 13.7. The van der Waals surface area contributed by atoms with Gasteiger partial charge in [-0.05, 0) is 42.3 Å². The molecule has 0 aliphatic carbocycles. The fraction of sp³-hybridized carbons (Fsp3) is 0.176.